The number of carbonyl (C=O) groups is 1. The van der Waals surface area contributed by atoms with Crippen LogP contribution in [0.5, 0.6) is 0 Å². The summed E-state index contributed by atoms with van der Waals surface area (Å²) in [5.74, 6) is 0. The van der Waals surface area contributed by atoms with Crippen LogP contribution in [0.2, 0.25) is 0 Å². The SMILES string of the molecule is CSNCc1cccc(-c2ccc(N(C)CC/C=C\C=O)cn2)c1. The predicted molar refractivity (Wildman–Crippen MR) is 103 cm³/mol. The Balaban J connectivity index is 2.03. The molecule has 0 unspecified atom stereocenters. The molecule has 0 radical (unpaired) electrons. The second-order valence-electron chi connectivity index (χ2n) is 5.40. The van der Waals surface area contributed by atoms with Crippen LogP contribution in [0.4, 0.5) is 5.69 Å². The lowest BCUT2D eigenvalue weighted by molar-refractivity contribution is -0.104. The third-order valence-corrected chi connectivity index (χ3v) is 4.11. The van der Waals surface area contributed by atoms with Crippen molar-refractivity contribution in [2.24, 2.45) is 0 Å². The van der Waals surface area contributed by atoms with E-state index in [4.69, 9.17) is 0 Å². The highest BCUT2D eigenvalue weighted by molar-refractivity contribution is 7.96. The normalized spacial score (nSPS) is 10.9. The van der Waals surface area contributed by atoms with Crippen LogP contribution >= 0.6 is 11.9 Å². The minimum Gasteiger partial charge on any atom is -0.373 e. The number of hydrogen-bond acceptors (Lipinski definition) is 5. The van der Waals surface area contributed by atoms with Gasteiger partial charge in [0.05, 0.1) is 17.6 Å². The molecule has 1 aromatic heterocycles. The molecule has 0 aliphatic rings. The van der Waals surface area contributed by atoms with Gasteiger partial charge in [-0.3, -0.25) is 14.5 Å². The van der Waals surface area contributed by atoms with Crippen LogP contribution in [0.25, 0.3) is 11.3 Å². The lowest BCUT2D eigenvalue weighted by atomic mass is 10.1. The largest absolute Gasteiger partial charge is 0.373 e. The van der Waals surface area contributed by atoms with E-state index < -0.39 is 0 Å². The fourth-order valence-corrected chi connectivity index (χ4v) is 2.64. The molecule has 2 aromatic rings. The van der Waals surface area contributed by atoms with Crippen molar-refractivity contribution < 1.29 is 4.79 Å². The van der Waals surface area contributed by atoms with Crippen molar-refractivity contribution in [2.45, 2.75) is 13.0 Å². The number of rotatable bonds is 9. The van der Waals surface area contributed by atoms with Crippen LogP contribution < -0.4 is 9.62 Å². The minimum absolute atomic E-state index is 0.805. The Labute approximate surface area is 148 Å². The van der Waals surface area contributed by atoms with Gasteiger partial charge in [0.1, 0.15) is 6.29 Å². The zero-order valence-corrected chi connectivity index (χ0v) is 14.9. The average Bonchev–Trinajstić information content (AvgIpc) is 2.64. The summed E-state index contributed by atoms with van der Waals surface area (Å²) in [4.78, 5) is 17.0. The van der Waals surface area contributed by atoms with Crippen molar-refractivity contribution in [1.82, 2.24) is 9.71 Å². The van der Waals surface area contributed by atoms with Crippen molar-refractivity contribution in [2.75, 3.05) is 24.7 Å². The van der Waals surface area contributed by atoms with E-state index in [-0.39, 0.29) is 0 Å². The molecule has 0 saturated heterocycles. The van der Waals surface area contributed by atoms with E-state index in [1.165, 1.54) is 11.6 Å². The first kappa shape index (κ1) is 18.2. The van der Waals surface area contributed by atoms with Crippen LogP contribution in [0.15, 0.2) is 54.7 Å². The van der Waals surface area contributed by atoms with Gasteiger partial charge in [-0.05, 0) is 42.5 Å². The summed E-state index contributed by atoms with van der Waals surface area (Å²) in [5.41, 5.74) is 4.41. The lowest BCUT2D eigenvalue weighted by Crippen LogP contribution is -2.18. The Bertz CT molecular complexity index is 671. The van der Waals surface area contributed by atoms with E-state index in [1.807, 2.05) is 31.6 Å². The molecule has 126 valence electrons. The third-order valence-electron chi connectivity index (χ3n) is 3.68. The maximum absolute atomic E-state index is 10.3. The molecule has 0 spiro atoms. The molecular weight excluding hydrogens is 318 g/mol. The number of anilines is 1. The number of aromatic nitrogens is 1. The van der Waals surface area contributed by atoms with Crippen molar-refractivity contribution in [3.8, 4) is 11.3 Å². The van der Waals surface area contributed by atoms with Gasteiger partial charge in [0, 0.05) is 25.7 Å². The van der Waals surface area contributed by atoms with Crippen molar-refractivity contribution in [1.29, 1.82) is 0 Å². The number of nitrogens with zero attached hydrogens (tertiary/aromatic N) is 2. The predicted octanol–water partition coefficient (Wildman–Crippen LogP) is 3.70. The number of aldehydes is 1. The molecule has 0 aliphatic carbocycles. The zero-order valence-electron chi connectivity index (χ0n) is 14.1. The van der Waals surface area contributed by atoms with E-state index in [9.17, 15) is 4.79 Å². The van der Waals surface area contributed by atoms with Crippen LogP contribution in [-0.4, -0.2) is 31.1 Å². The third kappa shape index (κ3) is 5.51. The number of allylic oxidation sites excluding steroid dienone is 1. The molecule has 1 heterocycles. The quantitative estimate of drug-likeness (QED) is 0.428. The first-order valence-electron chi connectivity index (χ1n) is 7.87. The summed E-state index contributed by atoms with van der Waals surface area (Å²) in [5, 5.41) is 0. The maximum Gasteiger partial charge on any atom is 0.142 e. The van der Waals surface area contributed by atoms with Gasteiger partial charge in [-0.2, -0.15) is 0 Å². The Morgan fingerprint density at radius 2 is 2.17 bits per heavy atom. The summed E-state index contributed by atoms with van der Waals surface area (Å²) >= 11 is 1.62. The highest BCUT2D eigenvalue weighted by Gasteiger charge is 2.04. The molecule has 24 heavy (non-hydrogen) atoms. The lowest BCUT2D eigenvalue weighted by Gasteiger charge is -2.18. The second-order valence-corrected chi connectivity index (χ2v) is 6.10. The van der Waals surface area contributed by atoms with Gasteiger partial charge in [-0.15, -0.1) is 0 Å². The van der Waals surface area contributed by atoms with Crippen LogP contribution in [0, 0.1) is 0 Å². The average molecular weight is 341 g/mol. The van der Waals surface area contributed by atoms with Crippen LogP contribution in [-0.2, 0) is 11.3 Å². The Morgan fingerprint density at radius 1 is 1.29 bits per heavy atom. The van der Waals surface area contributed by atoms with Crippen LogP contribution in [0.3, 0.4) is 0 Å². The molecule has 2 rings (SSSR count). The van der Waals surface area contributed by atoms with E-state index in [1.54, 1.807) is 11.9 Å². The molecule has 0 atom stereocenters. The highest BCUT2D eigenvalue weighted by Crippen LogP contribution is 2.21. The number of carbonyl (C=O) groups excluding carboxylic acids is 1. The number of nitrogens with one attached hydrogen (secondary N) is 1. The fourth-order valence-electron chi connectivity index (χ4n) is 2.33. The summed E-state index contributed by atoms with van der Waals surface area (Å²) < 4.78 is 3.26. The van der Waals surface area contributed by atoms with Gasteiger partial charge in [0.25, 0.3) is 0 Å². The maximum atomic E-state index is 10.3. The van der Waals surface area contributed by atoms with Crippen molar-refractivity contribution >= 4 is 23.9 Å². The standard InChI is InChI=1S/C19H23N3OS/c1-22(11-4-3-5-12-23)18-9-10-19(20-15-18)17-8-6-7-16(13-17)14-21-24-2/h3,5-10,12-13,15,21H,4,11,14H2,1-2H3/b5-3-. The van der Waals surface area contributed by atoms with E-state index in [2.05, 4.69) is 44.9 Å². The second kappa shape index (κ2) is 9.90. The molecule has 0 saturated carbocycles. The fraction of sp³-hybridized carbons (Fsp3) is 0.263. The van der Waals surface area contributed by atoms with Gasteiger partial charge in [0.15, 0.2) is 0 Å². The zero-order chi connectivity index (χ0) is 17.2. The Kier molecular flexibility index (Phi) is 7.52. The van der Waals surface area contributed by atoms with Gasteiger partial charge in [-0.25, -0.2) is 0 Å². The summed E-state index contributed by atoms with van der Waals surface area (Å²) in [6, 6.07) is 12.6. The van der Waals surface area contributed by atoms with Crippen molar-refractivity contribution in [3.63, 3.8) is 0 Å². The van der Waals surface area contributed by atoms with Gasteiger partial charge in [-0.1, -0.05) is 36.2 Å². The molecule has 4 nitrogen and oxygen atoms in total. The van der Waals surface area contributed by atoms with Gasteiger partial charge < -0.3 is 4.90 Å². The van der Waals surface area contributed by atoms with E-state index >= 15 is 0 Å². The Morgan fingerprint density at radius 3 is 2.88 bits per heavy atom. The molecule has 1 aromatic carbocycles. The summed E-state index contributed by atoms with van der Waals surface area (Å²) in [7, 11) is 2.03. The molecular formula is C19H23N3OS. The molecule has 1 N–H and O–H groups in total. The number of benzene rings is 1. The van der Waals surface area contributed by atoms with E-state index in [0.717, 1.165) is 42.7 Å². The smallest absolute Gasteiger partial charge is 0.142 e. The molecule has 0 bridgehead atoms. The number of hydrogen-bond donors (Lipinski definition) is 1. The van der Waals surface area contributed by atoms with E-state index in [0.29, 0.717) is 0 Å². The first-order valence-corrected chi connectivity index (χ1v) is 9.09. The minimum atomic E-state index is 0.805. The highest BCUT2D eigenvalue weighted by atomic mass is 32.2. The molecule has 0 amide bonds. The summed E-state index contributed by atoms with van der Waals surface area (Å²) in [6.07, 6.45) is 8.97. The Hall–Kier alpha value is -2.11. The molecule has 0 fully saturated rings. The van der Waals surface area contributed by atoms with Crippen LogP contribution in [0.1, 0.15) is 12.0 Å². The monoisotopic (exact) mass is 341 g/mol. The molecule has 5 heteroatoms. The first-order chi connectivity index (χ1) is 11.7. The number of pyridine rings is 1. The van der Waals surface area contributed by atoms with Crippen molar-refractivity contribution in [3.05, 3.63) is 60.3 Å². The van der Waals surface area contributed by atoms with Gasteiger partial charge in [0.2, 0.25) is 0 Å². The summed E-state index contributed by atoms with van der Waals surface area (Å²) in [6.45, 7) is 1.69. The van der Waals surface area contributed by atoms with Gasteiger partial charge >= 0.3 is 0 Å². The topological polar surface area (TPSA) is 45.2 Å². The molecule has 0 aliphatic heterocycles.